The Hall–Kier alpha value is -2.36. The van der Waals surface area contributed by atoms with E-state index in [4.69, 9.17) is 4.98 Å². The van der Waals surface area contributed by atoms with Crippen molar-refractivity contribution >= 4 is 11.5 Å². The average molecular weight is 337 g/mol. The maximum Gasteiger partial charge on any atom is 0.139 e. The lowest BCUT2D eigenvalue weighted by molar-refractivity contribution is 0.630. The maximum absolute atomic E-state index is 14.6. The van der Waals surface area contributed by atoms with E-state index in [1.807, 2.05) is 25.1 Å². The number of aryl methyl sites for hydroxylation is 2. The van der Waals surface area contributed by atoms with Crippen molar-refractivity contribution in [2.75, 3.05) is 5.32 Å². The molecule has 3 nitrogen and oxygen atoms in total. The van der Waals surface area contributed by atoms with Crippen LogP contribution < -0.4 is 5.32 Å². The molecular weight excluding hydrogens is 313 g/mol. The summed E-state index contributed by atoms with van der Waals surface area (Å²) in [4.78, 5) is 4.80. The highest BCUT2D eigenvalue weighted by Crippen LogP contribution is 2.34. The van der Waals surface area contributed by atoms with Gasteiger partial charge in [0.1, 0.15) is 23.0 Å². The van der Waals surface area contributed by atoms with Crippen LogP contribution in [0, 0.1) is 12.7 Å². The van der Waals surface area contributed by atoms with E-state index in [1.165, 1.54) is 24.6 Å². The van der Waals surface area contributed by atoms with Gasteiger partial charge in [-0.2, -0.15) is 0 Å². The second kappa shape index (κ2) is 6.51. The van der Waals surface area contributed by atoms with Gasteiger partial charge in [0, 0.05) is 17.3 Å². The van der Waals surface area contributed by atoms with Gasteiger partial charge in [0.2, 0.25) is 0 Å². The Labute approximate surface area is 147 Å². The van der Waals surface area contributed by atoms with E-state index in [0.717, 1.165) is 36.3 Å². The van der Waals surface area contributed by atoms with E-state index in [0.29, 0.717) is 17.3 Å². The fourth-order valence-corrected chi connectivity index (χ4v) is 3.84. The molecule has 0 saturated heterocycles. The zero-order valence-electron chi connectivity index (χ0n) is 14.8. The van der Waals surface area contributed by atoms with Crippen LogP contribution in [0.5, 0.6) is 0 Å². The van der Waals surface area contributed by atoms with Gasteiger partial charge in [-0.1, -0.05) is 37.5 Å². The third-order valence-electron chi connectivity index (χ3n) is 5.16. The van der Waals surface area contributed by atoms with Crippen LogP contribution in [0.2, 0.25) is 0 Å². The summed E-state index contributed by atoms with van der Waals surface area (Å²) in [5.74, 6) is 0.713. The van der Waals surface area contributed by atoms with Crippen LogP contribution in [0.25, 0.3) is 16.9 Å². The molecule has 1 saturated carbocycles. The summed E-state index contributed by atoms with van der Waals surface area (Å²) in [6.45, 7) is 4.13. The van der Waals surface area contributed by atoms with Crippen molar-refractivity contribution in [1.29, 1.82) is 0 Å². The van der Waals surface area contributed by atoms with Gasteiger partial charge in [0.15, 0.2) is 0 Å². The molecule has 0 unspecified atom stereocenters. The van der Waals surface area contributed by atoms with E-state index in [-0.39, 0.29) is 5.82 Å². The number of nitrogens with zero attached hydrogens (tertiary/aromatic N) is 2. The van der Waals surface area contributed by atoms with Crippen LogP contribution in [-0.2, 0) is 6.42 Å². The number of anilines is 1. The quantitative estimate of drug-likeness (QED) is 0.694. The predicted octanol–water partition coefficient (Wildman–Crippen LogP) is 5.37. The molecule has 1 aromatic carbocycles. The number of hydrogen-bond acceptors (Lipinski definition) is 2. The number of nitrogens with one attached hydrogen (secondary N) is 1. The number of halogens is 1. The molecule has 1 fully saturated rings. The zero-order chi connectivity index (χ0) is 17.4. The molecule has 2 aromatic heterocycles. The molecule has 4 rings (SSSR count). The highest BCUT2D eigenvalue weighted by molar-refractivity contribution is 5.78. The van der Waals surface area contributed by atoms with Gasteiger partial charge in [0.05, 0.1) is 0 Å². The molecule has 0 bridgehead atoms. The van der Waals surface area contributed by atoms with Gasteiger partial charge in [0.25, 0.3) is 0 Å². The van der Waals surface area contributed by atoms with Crippen molar-refractivity contribution < 1.29 is 4.39 Å². The SMILES string of the molecule is CCc1cccc2nc(-c3cc(C)ccc3F)c(NC3CCCC3)n12. The van der Waals surface area contributed by atoms with Crippen LogP contribution >= 0.6 is 0 Å². The molecule has 4 heteroatoms. The minimum absolute atomic E-state index is 0.221. The summed E-state index contributed by atoms with van der Waals surface area (Å²) < 4.78 is 16.7. The third kappa shape index (κ3) is 2.90. The molecule has 130 valence electrons. The highest BCUT2D eigenvalue weighted by Gasteiger charge is 2.23. The normalized spacial score (nSPS) is 15.2. The fraction of sp³-hybridized carbons (Fsp3) is 0.381. The fourth-order valence-electron chi connectivity index (χ4n) is 3.84. The average Bonchev–Trinajstić information content (AvgIpc) is 3.25. The Morgan fingerprint density at radius 1 is 1.20 bits per heavy atom. The maximum atomic E-state index is 14.6. The lowest BCUT2D eigenvalue weighted by Crippen LogP contribution is -2.17. The highest BCUT2D eigenvalue weighted by atomic mass is 19.1. The van der Waals surface area contributed by atoms with Crippen LogP contribution in [-0.4, -0.2) is 15.4 Å². The molecule has 0 atom stereocenters. The van der Waals surface area contributed by atoms with Crippen LogP contribution in [0.4, 0.5) is 10.2 Å². The first-order chi connectivity index (χ1) is 12.2. The van der Waals surface area contributed by atoms with Crippen molar-refractivity contribution in [3.8, 4) is 11.3 Å². The van der Waals surface area contributed by atoms with E-state index in [2.05, 4.69) is 22.7 Å². The number of rotatable bonds is 4. The van der Waals surface area contributed by atoms with Crippen LogP contribution in [0.3, 0.4) is 0 Å². The van der Waals surface area contributed by atoms with Crippen LogP contribution in [0.15, 0.2) is 36.4 Å². The van der Waals surface area contributed by atoms with Crippen molar-refractivity contribution in [2.45, 2.75) is 52.0 Å². The van der Waals surface area contributed by atoms with E-state index in [1.54, 1.807) is 6.07 Å². The monoisotopic (exact) mass is 337 g/mol. The van der Waals surface area contributed by atoms with Gasteiger partial charge in [-0.05, 0) is 50.5 Å². The summed E-state index contributed by atoms with van der Waals surface area (Å²) in [6.07, 6.45) is 5.74. The Bertz CT molecular complexity index is 907. The number of hydrogen-bond donors (Lipinski definition) is 1. The standard InChI is InChI=1S/C21H24FN3/c1-3-16-9-6-10-19-24-20(17-13-14(2)11-12-18(17)22)21(25(16)19)23-15-7-4-5-8-15/h6,9-13,15,23H,3-5,7-8H2,1-2H3. The Morgan fingerprint density at radius 3 is 2.76 bits per heavy atom. The molecule has 0 amide bonds. The molecule has 1 N–H and O–H groups in total. The Kier molecular flexibility index (Phi) is 4.20. The molecule has 0 spiro atoms. The molecule has 2 heterocycles. The summed E-state index contributed by atoms with van der Waals surface area (Å²) >= 11 is 0. The largest absolute Gasteiger partial charge is 0.367 e. The smallest absolute Gasteiger partial charge is 0.139 e. The summed E-state index contributed by atoms with van der Waals surface area (Å²) in [7, 11) is 0. The number of imidazole rings is 1. The van der Waals surface area contributed by atoms with E-state index in [9.17, 15) is 4.39 Å². The molecule has 1 aliphatic carbocycles. The Balaban J connectivity index is 1.94. The summed E-state index contributed by atoms with van der Waals surface area (Å²) in [6, 6.07) is 11.8. The summed E-state index contributed by atoms with van der Waals surface area (Å²) in [5, 5.41) is 3.69. The molecule has 0 radical (unpaired) electrons. The van der Waals surface area contributed by atoms with Crippen LogP contribution in [0.1, 0.15) is 43.9 Å². The van der Waals surface area contributed by atoms with Gasteiger partial charge >= 0.3 is 0 Å². The Morgan fingerprint density at radius 2 is 2.00 bits per heavy atom. The molecule has 3 aromatic rings. The zero-order valence-corrected chi connectivity index (χ0v) is 14.8. The van der Waals surface area contributed by atoms with Gasteiger partial charge in [-0.15, -0.1) is 0 Å². The first-order valence-electron chi connectivity index (χ1n) is 9.20. The minimum atomic E-state index is -0.221. The first-order valence-corrected chi connectivity index (χ1v) is 9.20. The topological polar surface area (TPSA) is 29.3 Å². The number of benzene rings is 1. The van der Waals surface area contributed by atoms with E-state index < -0.39 is 0 Å². The second-order valence-electron chi connectivity index (χ2n) is 6.98. The summed E-state index contributed by atoms with van der Waals surface area (Å²) in [5.41, 5.74) is 4.39. The number of aromatic nitrogens is 2. The number of pyridine rings is 1. The van der Waals surface area contributed by atoms with Gasteiger partial charge < -0.3 is 5.32 Å². The lowest BCUT2D eigenvalue weighted by Gasteiger charge is -2.16. The lowest BCUT2D eigenvalue weighted by atomic mass is 10.1. The van der Waals surface area contributed by atoms with Crippen molar-refractivity contribution in [2.24, 2.45) is 0 Å². The molecule has 25 heavy (non-hydrogen) atoms. The van der Waals surface area contributed by atoms with Gasteiger partial charge in [-0.25, -0.2) is 9.37 Å². The first kappa shape index (κ1) is 16.1. The van der Waals surface area contributed by atoms with Crippen molar-refractivity contribution in [3.05, 3.63) is 53.5 Å². The molecule has 0 aliphatic heterocycles. The minimum Gasteiger partial charge on any atom is -0.367 e. The third-order valence-corrected chi connectivity index (χ3v) is 5.16. The second-order valence-corrected chi connectivity index (χ2v) is 6.98. The molecule has 1 aliphatic rings. The predicted molar refractivity (Wildman–Crippen MR) is 101 cm³/mol. The van der Waals surface area contributed by atoms with Crippen molar-refractivity contribution in [3.63, 3.8) is 0 Å². The van der Waals surface area contributed by atoms with E-state index >= 15 is 0 Å². The van der Waals surface area contributed by atoms with Gasteiger partial charge in [-0.3, -0.25) is 4.40 Å². The van der Waals surface area contributed by atoms with Crippen molar-refractivity contribution in [1.82, 2.24) is 9.38 Å². The molecular formula is C21H24FN3. The number of fused-ring (bicyclic) bond motifs is 1.